The molecule has 2 aromatic rings. The number of likely N-dealkylation sites (tertiary alicyclic amines) is 1. The fourth-order valence-corrected chi connectivity index (χ4v) is 2.63. The molecule has 116 valence electrons. The summed E-state index contributed by atoms with van der Waals surface area (Å²) in [4.78, 5) is 22.6. The van der Waals surface area contributed by atoms with Crippen LogP contribution in [0.4, 0.5) is 5.95 Å². The number of piperidine rings is 1. The first-order valence-corrected chi connectivity index (χ1v) is 7.47. The SMILES string of the molecule is CCNc1ncc(C(=O)N2CCC(n3cnnc3)CC2)cn1. The van der Waals surface area contributed by atoms with E-state index in [1.807, 2.05) is 16.4 Å². The first-order valence-electron chi connectivity index (χ1n) is 7.47. The topological polar surface area (TPSA) is 88.8 Å². The van der Waals surface area contributed by atoms with Crippen molar-refractivity contribution in [3.8, 4) is 0 Å². The third-order valence-corrected chi connectivity index (χ3v) is 3.84. The number of aromatic nitrogens is 5. The number of hydrogen-bond donors (Lipinski definition) is 1. The van der Waals surface area contributed by atoms with E-state index in [0.29, 0.717) is 17.6 Å². The second kappa shape index (κ2) is 6.50. The fourth-order valence-electron chi connectivity index (χ4n) is 2.63. The van der Waals surface area contributed by atoms with Gasteiger partial charge in [0.2, 0.25) is 5.95 Å². The Balaban J connectivity index is 1.59. The van der Waals surface area contributed by atoms with Crippen molar-refractivity contribution in [2.75, 3.05) is 25.0 Å². The van der Waals surface area contributed by atoms with Gasteiger partial charge in [0.25, 0.3) is 5.91 Å². The summed E-state index contributed by atoms with van der Waals surface area (Å²) in [5.41, 5.74) is 0.532. The van der Waals surface area contributed by atoms with Gasteiger partial charge in [-0.1, -0.05) is 0 Å². The zero-order valence-corrected chi connectivity index (χ0v) is 12.5. The first-order chi connectivity index (χ1) is 10.8. The van der Waals surface area contributed by atoms with Crippen molar-refractivity contribution in [3.63, 3.8) is 0 Å². The molecule has 1 amide bonds. The molecule has 8 heteroatoms. The molecular formula is C14H19N7O. The average Bonchev–Trinajstić information content (AvgIpc) is 3.10. The van der Waals surface area contributed by atoms with Gasteiger partial charge >= 0.3 is 0 Å². The smallest absolute Gasteiger partial charge is 0.256 e. The van der Waals surface area contributed by atoms with Crippen molar-refractivity contribution < 1.29 is 4.79 Å². The standard InChI is InChI=1S/C14H19N7O/c1-2-15-14-16-7-11(8-17-14)13(22)20-5-3-12(4-6-20)21-9-18-19-10-21/h7-10,12H,2-6H2,1H3,(H,15,16,17). The second-order valence-electron chi connectivity index (χ2n) is 5.26. The van der Waals surface area contributed by atoms with Crippen LogP contribution in [-0.4, -0.2) is 55.2 Å². The molecule has 22 heavy (non-hydrogen) atoms. The molecule has 8 nitrogen and oxygen atoms in total. The van der Waals surface area contributed by atoms with E-state index in [2.05, 4.69) is 25.5 Å². The number of amides is 1. The Bertz CT molecular complexity index is 603. The summed E-state index contributed by atoms with van der Waals surface area (Å²) >= 11 is 0. The van der Waals surface area contributed by atoms with Crippen molar-refractivity contribution in [2.45, 2.75) is 25.8 Å². The molecule has 1 aliphatic heterocycles. The van der Waals surface area contributed by atoms with Crippen molar-refractivity contribution in [3.05, 3.63) is 30.6 Å². The van der Waals surface area contributed by atoms with E-state index in [1.54, 1.807) is 25.0 Å². The maximum Gasteiger partial charge on any atom is 0.256 e. The van der Waals surface area contributed by atoms with E-state index in [4.69, 9.17) is 0 Å². The molecule has 1 N–H and O–H groups in total. The lowest BCUT2D eigenvalue weighted by Gasteiger charge is -2.32. The summed E-state index contributed by atoms with van der Waals surface area (Å²) in [5, 5.41) is 10.7. The lowest BCUT2D eigenvalue weighted by atomic mass is 10.0. The van der Waals surface area contributed by atoms with Crippen LogP contribution in [0.5, 0.6) is 0 Å². The Hall–Kier alpha value is -2.51. The molecule has 3 heterocycles. The summed E-state index contributed by atoms with van der Waals surface area (Å²) in [6.07, 6.45) is 8.43. The number of anilines is 1. The maximum atomic E-state index is 12.5. The lowest BCUT2D eigenvalue weighted by molar-refractivity contribution is 0.0693. The summed E-state index contributed by atoms with van der Waals surface area (Å²) in [5.74, 6) is 0.538. The van der Waals surface area contributed by atoms with Crippen LogP contribution in [0.15, 0.2) is 25.0 Å². The Morgan fingerprint density at radius 3 is 2.45 bits per heavy atom. The Morgan fingerprint density at radius 2 is 1.86 bits per heavy atom. The molecule has 2 aromatic heterocycles. The van der Waals surface area contributed by atoms with Crippen molar-refractivity contribution in [2.24, 2.45) is 0 Å². The van der Waals surface area contributed by atoms with Gasteiger partial charge in [-0.05, 0) is 19.8 Å². The number of hydrogen-bond acceptors (Lipinski definition) is 6. The maximum absolute atomic E-state index is 12.5. The third kappa shape index (κ3) is 3.05. The van der Waals surface area contributed by atoms with Gasteiger partial charge in [0.05, 0.1) is 5.56 Å². The lowest BCUT2D eigenvalue weighted by Crippen LogP contribution is -2.39. The minimum atomic E-state index is -0.00902. The number of nitrogens with one attached hydrogen (secondary N) is 1. The van der Waals surface area contributed by atoms with Crippen LogP contribution in [0.3, 0.4) is 0 Å². The van der Waals surface area contributed by atoms with Gasteiger partial charge in [-0.15, -0.1) is 10.2 Å². The normalized spacial score (nSPS) is 15.8. The van der Waals surface area contributed by atoms with Crippen LogP contribution in [-0.2, 0) is 0 Å². The van der Waals surface area contributed by atoms with E-state index in [-0.39, 0.29) is 5.91 Å². The van der Waals surface area contributed by atoms with E-state index in [9.17, 15) is 4.79 Å². The van der Waals surface area contributed by atoms with Gasteiger partial charge in [0.1, 0.15) is 12.7 Å². The minimum absolute atomic E-state index is 0.00902. The Kier molecular flexibility index (Phi) is 4.27. The third-order valence-electron chi connectivity index (χ3n) is 3.84. The van der Waals surface area contributed by atoms with Gasteiger partial charge in [-0.3, -0.25) is 4.79 Å². The largest absolute Gasteiger partial charge is 0.355 e. The van der Waals surface area contributed by atoms with Crippen LogP contribution >= 0.6 is 0 Å². The molecular weight excluding hydrogens is 282 g/mol. The highest BCUT2D eigenvalue weighted by molar-refractivity contribution is 5.93. The predicted octanol–water partition coefficient (Wildman–Crippen LogP) is 0.977. The molecule has 0 unspecified atom stereocenters. The number of carbonyl (C=O) groups is 1. The molecule has 1 aliphatic rings. The number of carbonyl (C=O) groups excluding carboxylic acids is 1. The molecule has 3 rings (SSSR count). The van der Waals surface area contributed by atoms with Crippen LogP contribution in [0.25, 0.3) is 0 Å². The Morgan fingerprint density at radius 1 is 1.23 bits per heavy atom. The summed E-state index contributed by atoms with van der Waals surface area (Å²) < 4.78 is 2.01. The molecule has 0 aliphatic carbocycles. The highest BCUT2D eigenvalue weighted by Gasteiger charge is 2.24. The van der Waals surface area contributed by atoms with Crippen LogP contribution in [0.1, 0.15) is 36.2 Å². The Labute approximate surface area is 128 Å². The monoisotopic (exact) mass is 301 g/mol. The molecule has 0 aromatic carbocycles. The van der Waals surface area contributed by atoms with Gasteiger partial charge in [0, 0.05) is 38.1 Å². The van der Waals surface area contributed by atoms with E-state index in [0.717, 1.165) is 32.5 Å². The molecule has 0 bridgehead atoms. The van der Waals surface area contributed by atoms with E-state index >= 15 is 0 Å². The molecule has 0 radical (unpaired) electrons. The van der Waals surface area contributed by atoms with Crippen LogP contribution in [0, 0.1) is 0 Å². The quantitative estimate of drug-likeness (QED) is 0.905. The molecule has 0 saturated carbocycles. The highest BCUT2D eigenvalue weighted by atomic mass is 16.2. The number of nitrogens with zero attached hydrogens (tertiary/aromatic N) is 6. The van der Waals surface area contributed by atoms with E-state index < -0.39 is 0 Å². The van der Waals surface area contributed by atoms with Crippen molar-refractivity contribution in [1.82, 2.24) is 29.6 Å². The van der Waals surface area contributed by atoms with Gasteiger partial charge in [0.15, 0.2) is 0 Å². The van der Waals surface area contributed by atoms with Gasteiger partial charge < -0.3 is 14.8 Å². The summed E-state index contributed by atoms with van der Waals surface area (Å²) in [6.45, 7) is 4.17. The highest BCUT2D eigenvalue weighted by Crippen LogP contribution is 2.22. The minimum Gasteiger partial charge on any atom is -0.355 e. The summed E-state index contributed by atoms with van der Waals surface area (Å²) in [7, 11) is 0. The van der Waals surface area contributed by atoms with E-state index in [1.165, 1.54) is 0 Å². The van der Waals surface area contributed by atoms with Crippen LogP contribution < -0.4 is 5.32 Å². The molecule has 1 saturated heterocycles. The van der Waals surface area contributed by atoms with Crippen molar-refractivity contribution in [1.29, 1.82) is 0 Å². The van der Waals surface area contributed by atoms with Gasteiger partial charge in [-0.25, -0.2) is 9.97 Å². The van der Waals surface area contributed by atoms with Crippen LogP contribution in [0.2, 0.25) is 0 Å². The predicted molar refractivity (Wildman–Crippen MR) is 80.4 cm³/mol. The average molecular weight is 301 g/mol. The van der Waals surface area contributed by atoms with Crippen molar-refractivity contribution >= 4 is 11.9 Å². The first kappa shape index (κ1) is 14.4. The molecule has 1 fully saturated rings. The zero-order chi connectivity index (χ0) is 15.4. The van der Waals surface area contributed by atoms with Gasteiger partial charge in [-0.2, -0.15) is 0 Å². The fraction of sp³-hybridized carbons (Fsp3) is 0.500. The second-order valence-corrected chi connectivity index (χ2v) is 5.26. The zero-order valence-electron chi connectivity index (χ0n) is 12.5. The summed E-state index contributed by atoms with van der Waals surface area (Å²) in [6, 6.07) is 0.367. The number of rotatable bonds is 4. The molecule has 0 spiro atoms. The molecule has 0 atom stereocenters.